The highest BCUT2D eigenvalue weighted by Crippen LogP contribution is 2.31. The molecule has 0 spiro atoms. The first-order valence-corrected chi connectivity index (χ1v) is 18.4. The van der Waals surface area contributed by atoms with Gasteiger partial charge in [-0.15, -0.1) is 0 Å². The summed E-state index contributed by atoms with van der Waals surface area (Å²) >= 11 is 0. The summed E-state index contributed by atoms with van der Waals surface area (Å²) in [4.78, 5) is 9.28. The van der Waals surface area contributed by atoms with E-state index in [-0.39, 0.29) is 4.90 Å². The van der Waals surface area contributed by atoms with Gasteiger partial charge in [0, 0.05) is 48.5 Å². The lowest BCUT2D eigenvalue weighted by atomic mass is 9.88. The molecule has 0 saturated heterocycles. The first-order valence-electron chi connectivity index (χ1n) is 17.0. The minimum Gasteiger partial charge on any atom is -0.297 e. The monoisotopic (exact) mass is 630 g/mol. The van der Waals surface area contributed by atoms with Gasteiger partial charge in [0.1, 0.15) is 0 Å². The molecule has 0 unspecified atom stereocenters. The molecule has 2 aromatic heterocycles. The molecule has 2 aliphatic rings. The number of halogens is 1. The highest BCUT2D eigenvalue weighted by atomic mass is 32.2. The number of nitrogens with zero attached hydrogens (tertiary/aromatic N) is 4. The van der Waals surface area contributed by atoms with Crippen molar-refractivity contribution in [1.29, 1.82) is 0 Å². The molecule has 6 nitrogen and oxygen atoms in total. The molecule has 45 heavy (non-hydrogen) atoms. The van der Waals surface area contributed by atoms with Gasteiger partial charge < -0.3 is 0 Å². The summed E-state index contributed by atoms with van der Waals surface area (Å²) in [7, 11) is -3.78. The van der Waals surface area contributed by atoms with Crippen LogP contribution in [0.4, 0.5) is 4.39 Å². The van der Waals surface area contributed by atoms with Crippen molar-refractivity contribution in [2.24, 2.45) is 0 Å². The lowest BCUT2D eigenvalue weighted by Crippen LogP contribution is -2.45. The number of hydrogen-bond acceptors (Lipinski definition) is 5. The zero-order valence-electron chi connectivity index (χ0n) is 26.4. The Morgan fingerprint density at radius 1 is 0.733 bits per heavy atom. The van der Waals surface area contributed by atoms with E-state index in [1.165, 1.54) is 74.4 Å². The van der Waals surface area contributed by atoms with E-state index in [9.17, 15) is 12.8 Å². The topological polar surface area (TPSA) is 58.4 Å². The van der Waals surface area contributed by atoms with Crippen molar-refractivity contribution in [2.45, 2.75) is 107 Å². The number of pyridine rings is 1. The van der Waals surface area contributed by atoms with Crippen molar-refractivity contribution in [3.8, 4) is 0 Å². The molecule has 2 fully saturated rings. The lowest BCUT2D eigenvalue weighted by molar-refractivity contribution is 0.0776. The summed E-state index contributed by atoms with van der Waals surface area (Å²) in [6, 6.07) is 21.2. The summed E-state index contributed by atoms with van der Waals surface area (Å²) in [5, 5.41) is 0.898. The van der Waals surface area contributed by atoms with Crippen LogP contribution in [0.3, 0.4) is 0 Å². The van der Waals surface area contributed by atoms with E-state index < -0.39 is 16.0 Å². The summed E-state index contributed by atoms with van der Waals surface area (Å²) in [6.07, 6.45) is 18.8. The van der Waals surface area contributed by atoms with Crippen LogP contribution in [0.15, 0.2) is 84.0 Å². The third-order valence-electron chi connectivity index (χ3n) is 9.91. The second kappa shape index (κ2) is 15.0. The van der Waals surface area contributed by atoms with E-state index in [1.807, 2.05) is 30.3 Å². The van der Waals surface area contributed by atoms with E-state index in [0.29, 0.717) is 24.2 Å². The number of hydrogen-bond donors (Lipinski definition) is 0. The molecule has 0 N–H and O–H groups in total. The van der Waals surface area contributed by atoms with Gasteiger partial charge in [-0.25, -0.2) is 17.4 Å². The average Bonchev–Trinajstić information content (AvgIpc) is 3.46. The van der Waals surface area contributed by atoms with Crippen molar-refractivity contribution in [3.63, 3.8) is 0 Å². The van der Waals surface area contributed by atoms with Crippen LogP contribution in [0.2, 0.25) is 0 Å². The normalized spacial score (nSPS) is 17.0. The molecule has 0 atom stereocenters. The van der Waals surface area contributed by atoms with Gasteiger partial charge in [-0.3, -0.25) is 9.80 Å². The quantitative estimate of drug-likeness (QED) is 0.110. The fourth-order valence-corrected chi connectivity index (χ4v) is 9.01. The second-order valence-electron chi connectivity index (χ2n) is 13.0. The number of para-hydroxylation sites is 1. The van der Waals surface area contributed by atoms with Gasteiger partial charge in [-0.1, -0.05) is 81.0 Å². The zero-order valence-corrected chi connectivity index (χ0v) is 27.2. The van der Waals surface area contributed by atoms with Crippen molar-refractivity contribution in [2.75, 3.05) is 13.1 Å². The first kappa shape index (κ1) is 31.9. The maximum absolute atomic E-state index is 14.8. The summed E-state index contributed by atoms with van der Waals surface area (Å²) in [6.45, 7) is 2.85. The predicted octanol–water partition coefficient (Wildman–Crippen LogP) is 8.16. The van der Waals surface area contributed by atoms with Crippen LogP contribution >= 0.6 is 0 Å². The van der Waals surface area contributed by atoms with Gasteiger partial charge >= 0.3 is 0 Å². The number of rotatable bonds is 13. The Kier molecular flexibility index (Phi) is 10.6. The van der Waals surface area contributed by atoms with Gasteiger partial charge in [0.2, 0.25) is 5.95 Å². The Hall–Kier alpha value is -3.07. The van der Waals surface area contributed by atoms with Crippen LogP contribution in [0, 0.1) is 5.95 Å². The number of benzene rings is 2. The van der Waals surface area contributed by atoms with Crippen LogP contribution in [0.1, 0.15) is 88.2 Å². The smallest absolute Gasteiger partial charge is 0.268 e. The van der Waals surface area contributed by atoms with E-state index >= 15 is 0 Å². The predicted molar refractivity (Wildman–Crippen MR) is 179 cm³/mol. The molecule has 2 aliphatic carbocycles. The van der Waals surface area contributed by atoms with Crippen LogP contribution in [-0.2, 0) is 23.1 Å². The van der Waals surface area contributed by atoms with Gasteiger partial charge in [0.15, 0.2) is 0 Å². The zero-order chi connectivity index (χ0) is 31.1. The molecular formula is C37H47FN4O2S. The van der Waals surface area contributed by atoms with E-state index in [2.05, 4.69) is 14.8 Å². The fourth-order valence-electron chi connectivity index (χ4n) is 7.60. The summed E-state index contributed by atoms with van der Waals surface area (Å²) in [5.74, 6) is -0.447. The standard InChI is InChI=1S/C37H47FN4O2S/c38-37-30(15-14-24-39-37)27-40(25-12-13-26-41(32-16-4-1-5-17-32)33-18-6-2-7-19-33)28-31-29-42(36-23-11-10-22-35(31)36)45(43,44)34-20-8-3-9-21-34/h3,8-11,14-15,20-24,29,32-33H,1-2,4-7,12-13,16-19,25-28H2. The van der Waals surface area contributed by atoms with Crippen molar-refractivity contribution in [3.05, 3.63) is 96.2 Å². The Balaban J connectivity index is 1.21. The van der Waals surface area contributed by atoms with Gasteiger partial charge in [0.05, 0.1) is 10.4 Å². The van der Waals surface area contributed by atoms with E-state index in [0.717, 1.165) is 49.0 Å². The molecular weight excluding hydrogens is 583 g/mol. The van der Waals surface area contributed by atoms with Gasteiger partial charge in [-0.05, 0) is 81.4 Å². The lowest BCUT2D eigenvalue weighted by Gasteiger charge is -2.42. The highest BCUT2D eigenvalue weighted by Gasteiger charge is 2.28. The number of fused-ring (bicyclic) bond motifs is 1. The van der Waals surface area contributed by atoms with Gasteiger partial charge in [0.25, 0.3) is 10.0 Å². The Morgan fingerprint density at radius 2 is 1.36 bits per heavy atom. The maximum atomic E-state index is 14.8. The summed E-state index contributed by atoms with van der Waals surface area (Å²) < 4.78 is 43.6. The molecule has 240 valence electrons. The summed E-state index contributed by atoms with van der Waals surface area (Å²) in [5.41, 5.74) is 2.13. The average molecular weight is 631 g/mol. The minimum absolute atomic E-state index is 0.257. The molecule has 2 heterocycles. The SMILES string of the molecule is O=S(=O)(c1ccccc1)n1cc(CN(CCCCN(C2CCCCC2)C2CCCCC2)Cc2cccnc2F)c2ccccc21. The third kappa shape index (κ3) is 7.67. The molecule has 6 rings (SSSR count). The largest absolute Gasteiger partial charge is 0.297 e. The fraction of sp³-hybridized carbons (Fsp3) is 0.486. The molecule has 4 aromatic rings. The Labute approximate surface area is 268 Å². The van der Waals surface area contributed by atoms with Crippen molar-refractivity contribution < 1.29 is 12.8 Å². The van der Waals surface area contributed by atoms with Crippen LogP contribution in [-0.4, -0.2) is 52.3 Å². The van der Waals surface area contributed by atoms with Gasteiger partial charge in [-0.2, -0.15) is 4.39 Å². The van der Waals surface area contributed by atoms with Crippen LogP contribution < -0.4 is 0 Å². The number of unbranched alkanes of at least 4 members (excludes halogenated alkanes) is 1. The molecule has 8 heteroatoms. The molecule has 2 aromatic carbocycles. The van der Waals surface area contributed by atoms with Crippen molar-refractivity contribution in [1.82, 2.24) is 18.8 Å². The minimum atomic E-state index is -3.78. The second-order valence-corrected chi connectivity index (χ2v) is 14.8. The molecule has 0 aliphatic heterocycles. The molecule has 0 radical (unpaired) electrons. The third-order valence-corrected chi connectivity index (χ3v) is 11.6. The molecule has 2 saturated carbocycles. The number of aromatic nitrogens is 2. The van der Waals surface area contributed by atoms with E-state index in [1.54, 1.807) is 42.6 Å². The van der Waals surface area contributed by atoms with Crippen LogP contribution in [0.5, 0.6) is 0 Å². The first-order chi connectivity index (χ1) is 22.0. The molecule has 0 amide bonds. The Bertz CT molecular complexity index is 1610. The van der Waals surface area contributed by atoms with Crippen LogP contribution in [0.25, 0.3) is 10.9 Å². The van der Waals surface area contributed by atoms with Crippen molar-refractivity contribution >= 4 is 20.9 Å². The highest BCUT2D eigenvalue weighted by molar-refractivity contribution is 7.90. The molecule has 0 bridgehead atoms. The maximum Gasteiger partial charge on any atom is 0.268 e. The Morgan fingerprint density at radius 3 is 2.04 bits per heavy atom. The van der Waals surface area contributed by atoms with E-state index in [4.69, 9.17) is 0 Å².